The average molecular weight is 152 g/mol. The van der Waals surface area contributed by atoms with Gasteiger partial charge in [0.05, 0.1) is 6.10 Å². The molecule has 0 spiro atoms. The van der Waals surface area contributed by atoms with Gasteiger partial charge < -0.3 is 5.11 Å². The Bertz CT molecular complexity index is 215. The van der Waals surface area contributed by atoms with E-state index in [9.17, 15) is 5.11 Å². The molecule has 0 aromatic carbocycles. The van der Waals surface area contributed by atoms with E-state index < -0.39 is 0 Å². The van der Waals surface area contributed by atoms with Gasteiger partial charge in [-0.1, -0.05) is 25.5 Å². The smallest absolute Gasteiger partial charge is 0.0757 e. The summed E-state index contributed by atoms with van der Waals surface area (Å²) in [4.78, 5) is 0. The van der Waals surface area contributed by atoms with Crippen LogP contribution in [0, 0.1) is 17.3 Å². The highest BCUT2D eigenvalue weighted by molar-refractivity contribution is 5.24. The van der Waals surface area contributed by atoms with E-state index in [2.05, 4.69) is 20.8 Å². The number of hydrogen-bond acceptors (Lipinski definition) is 1. The largest absolute Gasteiger partial charge is 0.389 e. The number of fused-ring (bicyclic) bond motifs is 1. The molecule has 1 heteroatoms. The van der Waals surface area contributed by atoms with Crippen molar-refractivity contribution in [3.8, 4) is 0 Å². The number of hydrogen-bond donors (Lipinski definition) is 1. The van der Waals surface area contributed by atoms with Crippen molar-refractivity contribution >= 4 is 0 Å². The van der Waals surface area contributed by atoms with Gasteiger partial charge in [0, 0.05) is 0 Å². The zero-order valence-corrected chi connectivity index (χ0v) is 7.46. The quantitative estimate of drug-likeness (QED) is 0.526. The Labute approximate surface area is 68.1 Å². The van der Waals surface area contributed by atoms with Crippen LogP contribution in [-0.2, 0) is 0 Å². The van der Waals surface area contributed by atoms with Crippen molar-refractivity contribution in [1.82, 2.24) is 0 Å². The maximum atomic E-state index is 9.65. The van der Waals surface area contributed by atoms with E-state index in [1.807, 2.05) is 6.08 Å². The lowest BCUT2D eigenvalue weighted by atomic mass is 9.48. The third-order valence-corrected chi connectivity index (χ3v) is 3.74. The molecule has 3 atom stereocenters. The summed E-state index contributed by atoms with van der Waals surface area (Å²) in [5.41, 5.74) is 1.75. The first-order chi connectivity index (χ1) is 5.03. The highest BCUT2D eigenvalue weighted by Gasteiger charge is 2.53. The van der Waals surface area contributed by atoms with Gasteiger partial charge in [-0.2, -0.15) is 0 Å². The molecule has 1 unspecified atom stereocenters. The van der Waals surface area contributed by atoms with Crippen LogP contribution >= 0.6 is 0 Å². The number of aliphatic hydroxyl groups excluding tert-OH is 1. The third-order valence-electron chi connectivity index (χ3n) is 3.74. The van der Waals surface area contributed by atoms with Crippen LogP contribution < -0.4 is 0 Å². The Hall–Kier alpha value is -0.300. The van der Waals surface area contributed by atoms with Crippen molar-refractivity contribution in [3.63, 3.8) is 0 Å². The molecular formula is C10H16O. The van der Waals surface area contributed by atoms with Gasteiger partial charge >= 0.3 is 0 Å². The van der Waals surface area contributed by atoms with Gasteiger partial charge in [0.25, 0.3) is 0 Å². The fraction of sp³-hybridized carbons (Fsp3) is 0.800. The molecule has 0 heterocycles. The molecule has 3 aliphatic rings. The first-order valence-corrected chi connectivity index (χ1v) is 4.40. The fourth-order valence-electron chi connectivity index (χ4n) is 2.81. The highest BCUT2D eigenvalue weighted by Crippen LogP contribution is 2.58. The van der Waals surface area contributed by atoms with Crippen LogP contribution in [0.3, 0.4) is 0 Å². The summed E-state index contributed by atoms with van der Waals surface area (Å²) in [5.74, 6) is 1.27. The van der Waals surface area contributed by atoms with E-state index in [0.29, 0.717) is 11.3 Å². The summed E-state index contributed by atoms with van der Waals surface area (Å²) in [5, 5.41) is 9.65. The lowest BCUT2D eigenvalue weighted by Gasteiger charge is -2.57. The molecule has 0 radical (unpaired) electrons. The van der Waals surface area contributed by atoms with Gasteiger partial charge in [-0.3, -0.25) is 0 Å². The SMILES string of the molecule is CC1=C[C@H](O)[C@H]2CC1C2(C)C. The molecule has 1 N–H and O–H groups in total. The molecule has 1 nitrogen and oxygen atoms in total. The van der Waals surface area contributed by atoms with E-state index in [1.54, 1.807) is 0 Å². The van der Waals surface area contributed by atoms with Crippen LogP contribution in [0.5, 0.6) is 0 Å². The second kappa shape index (κ2) is 1.89. The summed E-state index contributed by atoms with van der Waals surface area (Å²) < 4.78 is 0. The lowest BCUT2D eigenvalue weighted by molar-refractivity contribution is -0.0760. The van der Waals surface area contributed by atoms with Crippen molar-refractivity contribution in [1.29, 1.82) is 0 Å². The molecule has 0 aliphatic heterocycles. The molecule has 1 saturated carbocycles. The molecule has 0 amide bonds. The molecule has 0 aromatic rings. The summed E-state index contributed by atoms with van der Waals surface area (Å²) in [6, 6.07) is 0. The van der Waals surface area contributed by atoms with E-state index in [1.165, 1.54) is 12.0 Å². The van der Waals surface area contributed by atoms with Crippen molar-refractivity contribution in [2.75, 3.05) is 0 Å². The molecule has 11 heavy (non-hydrogen) atoms. The first-order valence-electron chi connectivity index (χ1n) is 4.40. The van der Waals surface area contributed by atoms with E-state index in [-0.39, 0.29) is 6.10 Å². The van der Waals surface area contributed by atoms with Gasteiger partial charge in [-0.25, -0.2) is 0 Å². The topological polar surface area (TPSA) is 20.2 Å². The van der Waals surface area contributed by atoms with Crippen LogP contribution in [0.4, 0.5) is 0 Å². The second-order valence-electron chi connectivity index (χ2n) is 4.62. The van der Waals surface area contributed by atoms with E-state index in [0.717, 1.165) is 5.92 Å². The molecule has 1 fully saturated rings. The number of aliphatic hydroxyl groups is 1. The number of allylic oxidation sites excluding steroid dienone is 1. The highest BCUT2D eigenvalue weighted by atomic mass is 16.3. The first kappa shape index (κ1) is 7.35. The minimum Gasteiger partial charge on any atom is -0.389 e. The molecule has 3 aliphatic carbocycles. The monoisotopic (exact) mass is 152 g/mol. The van der Waals surface area contributed by atoms with Crippen LogP contribution in [0.25, 0.3) is 0 Å². The molecule has 3 rings (SSSR count). The minimum absolute atomic E-state index is 0.171. The van der Waals surface area contributed by atoms with E-state index >= 15 is 0 Å². The van der Waals surface area contributed by atoms with Crippen molar-refractivity contribution in [3.05, 3.63) is 11.6 Å². The van der Waals surface area contributed by atoms with Crippen LogP contribution in [0.2, 0.25) is 0 Å². The fourth-order valence-corrected chi connectivity index (χ4v) is 2.81. The average Bonchev–Trinajstić information content (AvgIpc) is 1.84. The van der Waals surface area contributed by atoms with Gasteiger partial charge in [-0.15, -0.1) is 0 Å². The lowest BCUT2D eigenvalue weighted by Crippen LogP contribution is -2.53. The van der Waals surface area contributed by atoms with Crippen LogP contribution in [0.15, 0.2) is 11.6 Å². The molecule has 2 bridgehead atoms. The van der Waals surface area contributed by atoms with Crippen molar-refractivity contribution in [2.24, 2.45) is 17.3 Å². The van der Waals surface area contributed by atoms with Gasteiger partial charge in [0.1, 0.15) is 0 Å². The third kappa shape index (κ3) is 0.750. The number of rotatable bonds is 0. The Kier molecular flexibility index (Phi) is 1.26. The summed E-state index contributed by atoms with van der Waals surface area (Å²) in [6.07, 6.45) is 3.07. The summed E-state index contributed by atoms with van der Waals surface area (Å²) in [6.45, 7) is 6.68. The van der Waals surface area contributed by atoms with E-state index in [4.69, 9.17) is 0 Å². The van der Waals surface area contributed by atoms with Crippen molar-refractivity contribution in [2.45, 2.75) is 33.3 Å². The normalized spacial score (nSPS) is 46.2. The Morgan fingerprint density at radius 3 is 2.55 bits per heavy atom. The summed E-state index contributed by atoms with van der Waals surface area (Å²) >= 11 is 0. The van der Waals surface area contributed by atoms with Crippen LogP contribution in [-0.4, -0.2) is 11.2 Å². The maximum Gasteiger partial charge on any atom is 0.0757 e. The van der Waals surface area contributed by atoms with Gasteiger partial charge in [-0.05, 0) is 30.6 Å². The zero-order valence-electron chi connectivity index (χ0n) is 7.46. The zero-order chi connectivity index (χ0) is 8.22. The minimum atomic E-state index is -0.171. The molecular weight excluding hydrogens is 136 g/mol. The predicted molar refractivity (Wildman–Crippen MR) is 45.1 cm³/mol. The Morgan fingerprint density at radius 1 is 1.55 bits per heavy atom. The summed E-state index contributed by atoms with van der Waals surface area (Å²) in [7, 11) is 0. The van der Waals surface area contributed by atoms with Crippen molar-refractivity contribution < 1.29 is 5.11 Å². The predicted octanol–water partition coefficient (Wildman–Crippen LogP) is 1.97. The maximum absolute atomic E-state index is 9.65. The molecule has 0 saturated heterocycles. The standard InChI is InChI=1S/C10H16O/c1-6-4-9(11)8-5-7(6)10(8,2)3/h4,7-9,11H,5H2,1-3H3/t7?,8-,9+/m1/s1. The van der Waals surface area contributed by atoms with Gasteiger partial charge in [0.15, 0.2) is 0 Å². The Balaban J connectivity index is 2.34. The second-order valence-corrected chi connectivity index (χ2v) is 4.62. The van der Waals surface area contributed by atoms with Crippen LogP contribution in [0.1, 0.15) is 27.2 Å². The molecule has 0 aromatic heterocycles. The Morgan fingerprint density at radius 2 is 2.18 bits per heavy atom. The molecule has 62 valence electrons. The van der Waals surface area contributed by atoms with Gasteiger partial charge in [0.2, 0.25) is 0 Å².